The van der Waals surface area contributed by atoms with E-state index in [0.29, 0.717) is 23.9 Å². The van der Waals surface area contributed by atoms with E-state index in [4.69, 9.17) is 14.5 Å². The van der Waals surface area contributed by atoms with Crippen molar-refractivity contribution in [2.75, 3.05) is 51.4 Å². The van der Waals surface area contributed by atoms with Crippen molar-refractivity contribution in [1.82, 2.24) is 19.7 Å². The summed E-state index contributed by atoms with van der Waals surface area (Å²) in [6, 6.07) is 5.82. The summed E-state index contributed by atoms with van der Waals surface area (Å²) in [4.78, 5) is 22.8. The maximum atomic E-state index is 13.7. The maximum absolute atomic E-state index is 13.7. The Kier molecular flexibility index (Phi) is 7.07. The molecule has 1 amide bonds. The van der Waals surface area contributed by atoms with Crippen LogP contribution in [-0.2, 0) is 11.3 Å². The molecule has 0 saturated carbocycles. The number of aromatic nitrogens is 3. The molecule has 1 aliphatic heterocycles. The number of benzene rings is 1. The lowest BCUT2D eigenvalue weighted by Crippen LogP contribution is -2.39. The molecule has 0 aliphatic carbocycles. The van der Waals surface area contributed by atoms with Crippen LogP contribution in [0.2, 0.25) is 0 Å². The van der Waals surface area contributed by atoms with Gasteiger partial charge in [0.05, 0.1) is 30.7 Å². The normalized spacial score (nSPS) is 14.8. The number of thiazole rings is 1. The Bertz CT molecular complexity index is 1090. The smallest absolute Gasteiger partial charge is 0.278 e. The number of amides is 1. The van der Waals surface area contributed by atoms with E-state index < -0.39 is 0 Å². The van der Waals surface area contributed by atoms with Gasteiger partial charge in [0.2, 0.25) is 0 Å². The summed E-state index contributed by atoms with van der Waals surface area (Å²) < 4.78 is 13.8. The highest BCUT2D eigenvalue weighted by Crippen LogP contribution is 2.37. The molecule has 1 saturated heterocycles. The first kappa shape index (κ1) is 22.7. The number of aryl methyl sites for hydroxylation is 3. The second-order valence-electron chi connectivity index (χ2n) is 8.01. The molecule has 1 aromatic carbocycles. The molecule has 2 aromatic heterocycles. The number of carbonyl (C=O) groups excluding carboxylic acids is 1. The molecule has 0 radical (unpaired) electrons. The molecule has 9 heteroatoms. The van der Waals surface area contributed by atoms with E-state index in [9.17, 15) is 4.79 Å². The van der Waals surface area contributed by atoms with E-state index in [1.54, 1.807) is 23.1 Å². The van der Waals surface area contributed by atoms with Crippen LogP contribution in [0.3, 0.4) is 0 Å². The number of methoxy groups -OCH3 is 1. The highest BCUT2D eigenvalue weighted by atomic mass is 32.1. The molecule has 32 heavy (non-hydrogen) atoms. The summed E-state index contributed by atoms with van der Waals surface area (Å²) in [7, 11) is 1.65. The van der Waals surface area contributed by atoms with Gasteiger partial charge >= 0.3 is 0 Å². The van der Waals surface area contributed by atoms with Crippen molar-refractivity contribution in [3.8, 4) is 5.75 Å². The van der Waals surface area contributed by atoms with Crippen LogP contribution in [0.15, 0.2) is 18.2 Å². The minimum Gasteiger partial charge on any atom is -0.494 e. The topological polar surface area (TPSA) is 72.7 Å². The fourth-order valence-corrected chi connectivity index (χ4v) is 5.11. The lowest BCUT2D eigenvalue weighted by molar-refractivity contribution is 0.0376. The first-order chi connectivity index (χ1) is 15.5. The fourth-order valence-electron chi connectivity index (χ4n) is 4.04. The Balaban J connectivity index is 1.65. The van der Waals surface area contributed by atoms with Crippen LogP contribution in [0.25, 0.3) is 10.2 Å². The van der Waals surface area contributed by atoms with Crippen molar-refractivity contribution in [2.45, 2.75) is 33.7 Å². The first-order valence-electron chi connectivity index (χ1n) is 11.1. The van der Waals surface area contributed by atoms with Gasteiger partial charge in [-0.2, -0.15) is 5.10 Å². The summed E-state index contributed by atoms with van der Waals surface area (Å²) in [6.45, 7) is 11.5. The molecule has 0 spiro atoms. The van der Waals surface area contributed by atoms with Crippen LogP contribution < -0.4 is 9.64 Å². The van der Waals surface area contributed by atoms with Gasteiger partial charge in [0.1, 0.15) is 17.0 Å². The van der Waals surface area contributed by atoms with E-state index in [0.717, 1.165) is 66.5 Å². The van der Waals surface area contributed by atoms with Gasteiger partial charge in [0.15, 0.2) is 5.13 Å². The minimum absolute atomic E-state index is 0.0647. The number of morpholine rings is 1. The highest BCUT2D eigenvalue weighted by molar-refractivity contribution is 7.22. The van der Waals surface area contributed by atoms with Crippen LogP contribution in [0.5, 0.6) is 5.75 Å². The van der Waals surface area contributed by atoms with Crippen LogP contribution in [-0.4, -0.2) is 72.1 Å². The van der Waals surface area contributed by atoms with Gasteiger partial charge in [-0.1, -0.05) is 17.4 Å². The van der Waals surface area contributed by atoms with E-state index >= 15 is 0 Å². The molecule has 1 fully saturated rings. The van der Waals surface area contributed by atoms with E-state index in [-0.39, 0.29) is 5.91 Å². The van der Waals surface area contributed by atoms with E-state index in [1.807, 2.05) is 36.9 Å². The van der Waals surface area contributed by atoms with Gasteiger partial charge in [0, 0.05) is 32.7 Å². The molecule has 1 aliphatic rings. The summed E-state index contributed by atoms with van der Waals surface area (Å²) in [5, 5.41) is 5.17. The van der Waals surface area contributed by atoms with Crippen molar-refractivity contribution >= 4 is 32.6 Å². The first-order valence-corrected chi connectivity index (χ1v) is 11.9. The molecule has 0 atom stereocenters. The van der Waals surface area contributed by atoms with Gasteiger partial charge in [-0.15, -0.1) is 0 Å². The van der Waals surface area contributed by atoms with Gasteiger partial charge < -0.3 is 9.47 Å². The Hall–Kier alpha value is -2.49. The van der Waals surface area contributed by atoms with Crippen molar-refractivity contribution in [3.63, 3.8) is 0 Å². The average molecular weight is 458 g/mol. The predicted molar refractivity (Wildman–Crippen MR) is 127 cm³/mol. The van der Waals surface area contributed by atoms with Crippen molar-refractivity contribution in [3.05, 3.63) is 35.2 Å². The Labute approximate surface area is 192 Å². The molecule has 0 N–H and O–H groups in total. The fraction of sp³-hybridized carbons (Fsp3) is 0.522. The lowest BCUT2D eigenvalue weighted by Gasteiger charge is -2.27. The summed E-state index contributed by atoms with van der Waals surface area (Å²) >= 11 is 1.54. The monoisotopic (exact) mass is 457 g/mol. The Morgan fingerprint density at radius 2 is 2.06 bits per heavy atom. The third kappa shape index (κ3) is 4.65. The number of anilines is 1. The Morgan fingerprint density at radius 3 is 2.78 bits per heavy atom. The molecule has 0 bridgehead atoms. The summed E-state index contributed by atoms with van der Waals surface area (Å²) in [5.74, 6) is 0.661. The zero-order chi connectivity index (χ0) is 22.7. The van der Waals surface area contributed by atoms with E-state index in [1.165, 1.54) is 0 Å². The molecular weight excluding hydrogens is 426 g/mol. The van der Waals surface area contributed by atoms with Crippen LogP contribution in [0.1, 0.15) is 35.1 Å². The van der Waals surface area contributed by atoms with Crippen molar-refractivity contribution < 1.29 is 14.3 Å². The van der Waals surface area contributed by atoms with E-state index in [2.05, 4.69) is 16.9 Å². The van der Waals surface area contributed by atoms with Gasteiger partial charge in [-0.25, -0.2) is 4.98 Å². The second-order valence-corrected chi connectivity index (χ2v) is 8.99. The van der Waals surface area contributed by atoms with Crippen molar-refractivity contribution in [2.24, 2.45) is 0 Å². The number of ether oxygens (including phenoxy) is 2. The third-order valence-electron chi connectivity index (χ3n) is 5.77. The third-order valence-corrected chi connectivity index (χ3v) is 6.98. The molecule has 172 valence electrons. The molecule has 3 aromatic rings. The largest absolute Gasteiger partial charge is 0.494 e. The molecule has 3 heterocycles. The molecule has 0 unspecified atom stereocenters. The van der Waals surface area contributed by atoms with Gasteiger partial charge in [-0.3, -0.25) is 19.3 Å². The average Bonchev–Trinajstić information content (AvgIpc) is 3.41. The zero-order valence-corrected chi connectivity index (χ0v) is 20.1. The molecule has 8 nitrogen and oxygen atoms in total. The zero-order valence-electron chi connectivity index (χ0n) is 19.3. The molecular formula is C23H31N5O3S. The van der Waals surface area contributed by atoms with Crippen LogP contribution in [0.4, 0.5) is 5.13 Å². The SMILES string of the molecule is CCn1nc(C)cc1C(=O)N(CCCN1CCOCC1)c1nc2c(OC)ccc(C)c2s1. The highest BCUT2D eigenvalue weighted by Gasteiger charge is 2.26. The quantitative estimate of drug-likeness (QED) is 0.516. The number of hydrogen-bond acceptors (Lipinski definition) is 7. The predicted octanol–water partition coefficient (Wildman–Crippen LogP) is 3.51. The Morgan fingerprint density at radius 1 is 1.28 bits per heavy atom. The van der Waals surface area contributed by atoms with Gasteiger partial charge in [-0.05, 0) is 44.9 Å². The lowest BCUT2D eigenvalue weighted by atomic mass is 10.2. The summed E-state index contributed by atoms with van der Waals surface area (Å²) in [6.07, 6.45) is 0.858. The number of hydrogen-bond donors (Lipinski definition) is 0. The second kappa shape index (κ2) is 9.97. The number of carbonyl (C=O) groups is 1. The minimum atomic E-state index is -0.0647. The molecule has 4 rings (SSSR count). The summed E-state index contributed by atoms with van der Waals surface area (Å²) in [5.41, 5.74) is 3.36. The standard InChI is InChI=1S/C23H31N5O3S/c1-5-28-18(15-17(3)25-28)22(29)27(10-6-9-26-11-13-31-14-12-26)23-24-20-19(30-4)8-7-16(2)21(20)32-23/h7-8,15H,5-6,9-14H2,1-4H3. The van der Waals surface area contributed by atoms with Crippen LogP contribution in [0, 0.1) is 13.8 Å². The van der Waals surface area contributed by atoms with Gasteiger partial charge in [0.25, 0.3) is 5.91 Å². The van der Waals surface area contributed by atoms with Crippen molar-refractivity contribution in [1.29, 1.82) is 0 Å². The number of nitrogens with zero attached hydrogens (tertiary/aromatic N) is 5. The maximum Gasteiger partial charge on any atom is 0.278 e. The number of rotatable bonds is 8. The van der Waals surface area contributed by atoms with Crippen LogP contribution >= 0.6 is 11.3 Å². The number of fused-ring (bicyclic) bond motifs is 1.